The van der Waals surface area contributed by atoms with E-state index in [0.29, 0.717) is 0 Å². The first-order chi connectivity index (χ1) is 9.79. The molecule has 2 amide bonds. The van der Waals surface area contributed by atoms with Crippen molar-refractivity contribution in [1.29, 1.82) is 0 Å². The molecule has 0 bridgehead atoms. The molecule has 126 valence electrons. The van der Waals surface area contributed by atoms with Gasteiger partial charge in [-0.05, 0) is 30.1 Å². The molecule has 1 N–H and O–H groups in total. The van der Waals surface area contributed by atoms with Crippen LogP contribution < -0.4 is 5.32 Å². The SMILES string of the molecule is CC(=O)N[C@H](C(=O)N(C)[C@H](C(C)=O)[C@H]1CC1(C)C)C(C)(C)C. The predicted molar refractivity (Wildman–Crippen MR) is 86.2 cm³/mol. The van der Waals surface area contributed by atoms with Gasteiger partial charge < -0.3 is 10.2 Å². The van der Waals surface area contributed by atoms with E-state index < -0.39 is 17.5 Å². The molecule has 5 heteroatoms. The Morgan fingerprint density at radius 3 is 1.91 bits per heavy atom. The van der Waals surface area contributed by atoms with Crippen molar-refractivity contribution in [3.05, 3.63) is 0 Å². The van der Waals surface area contributed by atoms with E-state index in [9.17, 15) is 14.4 Å². The third kappa shape index (κ3) is 4.08. The molecule has 5 nitrogen and oxygen atoms in total. The lowest BCUT2D eigenvalue weighted by molar-refractivity contribution is -0.143. The fourth-order valence-corrected chi connectivity index (χ4v) is 3.07. The molecule has 0 aromatic heterocycles. The first-order valence-corrected chi connectivity index (χ1v) is 7.83. The van der Waals surface area contributed by atoms with Crippen molar-refractivity contribution in [2.24, 2.45) is 16.7 Å². The zero-order chi connectivity index (χ0) is 17.5. The fourth-order valence-electron chi connectivity index (χ4n) is 3.07. The lowest BCUT2D eigenvalue weighted by atomic mass is 9.85. The molecule has 0 aromatic rings. The van der Waals surface area contributed by atoms with Crippen LogP contribution in [0.4, 0.5) is 0 Å². The van der Waals surface area contributed by atoms with Gasteiger partial charge in [0.05, 0.1) is 6.04 Å². The third-order valence-corrected chi connectivity index (χ3v) is 4.61. The lowest BCUT2D eigenvalue weighted by Crippen LogP contribution is -2.57. The molecule has 1 saturated carbocycles. The van der Waals surface area contributed by atoms with Crippen LogP contribution >= 0.6 is 0 Å². The number of carbonyl (C=O) groups excluding carboxylic acids is 3. The van der Waals surface area contributed by atoms with E-state index in [4.69, 9.17) is 0 Å². The Kier molecular flexibility index (Phi) is 5.10. The number of hydrogen-bond acceptors (Lipinski definition) is 3. The number of likely N-dealkylation sites (N-methyl/N-ethyl adjacent to an activating group) is 1. The van der Waals surface area contributed by atoms with Crippen molar-refractivity contribution < 1.29 is 14.4 Å². The molecular formula is C17H30N2O3. The van der Waals surface area contributed by atoms with Gasteiger partial charge in [0, 0.05) is 14.0 Å². The second-order valence-electron chi connectivity index (χ2n) is 8.30. The smallest absolute Gasteiger partial charge is 0.246 e. The summed E-state index contributed by atoms with van der Waals surface area (Å²) in [6.45, 7) is 12.9. The number of amides is 2. The van der Waals surface area contributed by atoms with E-state index in [1.807, 2.05) is 20.8 Å². The highest BCUT2D eigenvalue weighted by Gasteiger charge is 2.54. The van der Waals surface area contributed by atoms with Gasteiger partial charge in [-0.15, -0.1) is 0 Å². The topological polar surface area (TPSA) is 66.5 Å². The van der Waals surface area contributed by atoms with Crippen LogP contribution in [0, 0.1) is 16.7 Å². The monoisotopic (exact) mass is 310 g/mol. The molecular weight excluding hydrogens is 280 g/mol. The molecule has 0 spiro atoms. The van der Waals surface area contributed by atoms with Gasteiger partial charge in [-0.25, -0.2) is 0 Å². The Hall–Kier alpha value is -1.39. The molecule has 22 heavy (non-hydrogen) atoms. The molecule has 3 atom stereocenters. The van der Waals surface area contributed by atoms with E-state index in [2.05, 4.69) is 19.2 Å². The first kappa shape index (κ1) is 18.7. The summed E-state index contributed by atoms with van der Waals surface area (Å²) in [5.41, 5.74) is -0.326. The Morgan fingerprint density at radius 1 is 1.18 bits per heavy atom. The Labute approximate surface area is 133 Å². The maximum atomic E-state index is 12.9. The second kappa shape index (κ2) is 6.01. The Morgan fingerprint density at radius 2 is 1.64 bits per heavy atom. The number of nitrogens with one attached hydrogen (secondary N) is 1. The normalized spacial score (nSPS) is 22.5. The van der Waals surface area contributed by atoms with Gasteiger partial charge >= 0.3 is 0 Å². The van der Waals surface area contributed by atoms with E-state index in [0.717, 1.165) is 6.42 Å². The number of ketones is 1. The van der Waals surface area contributed by atoms with Gasteiger partial charge in [-0.1, -0.05) is 34.6 Å². The zero-order valence-corrected chi connectivity index (χ0v) is 15.1. The van der Waals surface area contributed by atoms with Gasteiger partial charge in [0.15, 0.2) is 5.78 Å². The molecule has 1 fully saturated rings. The summed E-state index contributed by atoms with van der Waals surface area (Å²) in [4.78, 5) is 37.9. The van der Waals surface area contributed by atoms with Crippen LogP contribution in [0.5, 0.6) is 0 Å². The van der Waals surface area contributed by atoms with Crippen LogP contribution in [0.3, 0.4) is 0 Å². The van der Waals surface area contributed by atoms with Crippen molar-refractivity contribution in [2.45, 2.75) is 67.0 Å². The van der Waals surface area contributed by atoms with Crippen LogP contribution in [-0.2, 0) is 14.4 Å². The largest absolute Gasteiger partial charge is 0.344 e. The molecule has 1 rings (SSSR count). The van der Waals surface area contributed by atoms with Crippen molar-refractivity contribution in [1.82, 2.24) is 10.2 Å². The average molecular weight is 310 g/mol. The van der Waals surface area contributed by atoms with Crippen LogP contribution in [0.15, 0.2) is 0 Å². The lowest BCUT2D eigenvalue weighted by Gasteiger charge is -2.36. The summed E-state index contributed by atoms with van der Waals surface area (Å²) in [6.07, 6.45) is 0.940. The average Bonchev–Trinajstić information content (AvgIpc) is 2.91. The summed E-state index contributed by atoms with van der Waals surface area (Å²) >= 11 is 0. The molecule has 0 aromatic carbocycles. The summed E-state index contributed by atoms with van der Waals surface area (Å²) in [5.74, 6) is -0.253. The van der Waals surface area contributed by atoms with Gasteiger partial charge in [0.25, 0.3) is 0 Å². The number of nitrogens with zero attached hydrogens (tertiary/aromatic N) is 1. The summed E-state index contributed by atoms with van der Waals surface area (Å²) < 4.78 is 0. The first-order valence-electron chi connectivity index (χ1n) is 7.83. The van der Waals surface area contributed by atoms with Crippen LogP contribution in [-0.4, -0.2) is 41.6 Å². The van der Waals surface area contributed by atoms with Gasteiger partial charge in [0.2, 0.25) is 11.8 Å². The Balaban J connectivity index is 3.01. The summed E-state index contributed by atoms with van der Waals surface area (Å²) in [6, 6.07) is -1.06. The number of Topliss-reactive ketones (excluding diaryl/α,β-unsaturated/α-hetero) is 1. The quantitative estimate of drug-likeness (QED) is 0.844. The van der Waals surface area contributed by atoms with E-state index in [1.54, 1.807) is 7.05 Å². The van der Waals surface area contributed by atoms with Crippen molar-refractivity contribution in [2.75, 3.05) is 7.05 Å². The number of carbonyl (C=O) groups is 3. The highest BCUT2D eigenvalue weighted by atomic mass is 16.2. The molecule has 0 radical (unpaired) electrons. The summed E-state index contributed by atoms with van der Waals surface area (Å²) in [7, 11) is 1.67. The van der Waals surface area contributed by atoms with Crippen molar-refractivity contribution in [3.63, 3.8) is 0 Å². The molecule has 0 unspecified atom stereocenters. The maximum absolute atomic E-state index is 12.9. The minimum absolute atomic E-state index is 0.00177. The standard InChI is InChI=1S/C17H30N2O3/c1-10(20)13(12-9-17(12,6)7)19(8)15(22)14(16(3,4)5)18-11(2)21/h12-14H,9H2,1-8H3,(H,18,21)/t12-,13-,14-/m1/s1. The van der Waals surface area contributed by atoms with E-state index in [1.165, 1.54) is 18.7 Å². The maximum Gasteiger partial charge on any atom is 0.246 e. The van der Waals surface area contributed by atoms with E-state index in [-0.39, 0.29) is 28.9 Å². The highest BCUT2D eigenvalue weighted by molar-refractivity contribution is 5.92. The highest BCUT2D eigenvalue weighted by Crippen LogP contribution is 2.54. The molecule has 0 saturated heterocycles. The van der Waals surface area contributed by atoms with Crippen LogP contribution in [0.2, 0.25) is 0 Å². The van der Waals surface area contributed by atoms with E-state index >= 15 is 0 Å². The van der Waals surface area contributed by atoms with Crippen molar-refractivity contribution in [3.8, 4) is 0 Å². The Bertz CT molecular complexity index is 477. The third-order valence-electron chi connectivity index (χ3n) is 4.61. The molecule has 0 aliphatic heterocycles. The van der Waals surface area contributed by atoms with Crippen molar-refractivity contribution >= 4 is 17.6 Å². The van der Waals surface area contributed by atoms with Crippen LogP contribution in [0.25, 0.3) is 0 Å². The van der Waals surface area contributed by atoms with Gasteiger partial charge in [-0.2, -0.15) is 0 Å². The molecule has 1 aliphatic carbocycles. The van der Waals surface area contributed by atoms with Gasteiger partial charge in [0.1, 0.15) is 6.04 Å². The fraction of sp³-hybridized carbons (Fsp3) is 0.824. The van der Waals surface area contributed by atoms with Gasteiger partial charge in [-0.3, -0.25) is 14.4 Å². The number of rotatable bonds is 5. The molecule has 0 heterocycles. The minimum atomic E-state index is -0.640. The zero-order valence-electron chi connectivity index (χ0n) is 15.1. The summed E-state index contributed by atoms with van der Waals surface area (Å²) in [5, 5.41) is 2.73. The second-order valence-corrected chi connectivity index (χ2v) is 8.30. The van der Waals surface area contributed by atoms with Crippen LogP contribution in [0.1, 0.15) is 54.9 Å². The minimum Gasteiger partial charge on any atom is -0.344 e. The predicted octanol–water partition coefficient (Wildman–Crippen LogP) is 2.00. The molecule has 1 aliphatic rings. The number of hydrogen-bond donors (Lipinski definition) is 1.